The average Bonchev–Trinajstić information content (AvgIpc) is 2.94. The Kier molecular flexibility index (Phi) is 4.82. The minimum Gasteiger partial charge on any atom is -0.391 e. The standard InChI is InChI=1S/C15H17FN4O2S/c16-11-4-1-3-10(7-11)8-13-18-19-14(23-13)17-15(22)20-6-2-5-12(21)9-20/h1,3-4,7,12,21H,2,5-6,8-9H2,(H,17,19,22). The van der Waals surface area contributed by atoms with E-state index in [0.29, 0.717) is 29.6 Å². The van der Waals surface area contributed by atoms with Gasteiger partial charge in [-0.25, -0.2) is 9.18 Å². The maximum absolute atomic E-state index is 13.2. The van der Waals surface area contributed by atoms with E-state index in [1.807, 2.05) is 6.07 Å². The second-order valence-corrected chi connectivity index (χ2v) is 6.54. The first-order chi connectivity index (χ1) is 11.1. The van der Waals surface area contributed by atoms with Gasteiger partial charge in [0.2, 0.25) is 5.13 Å². The summed E-state index contributed by atoms with van der Waals surface area (Å²) in [6.07, 6.45) is 1.51. The van der Waals surface area contributed by atoms with E-state index in [1.54, 1.807) is 11.0 Å². The maximum atomic E-state index is 13.2. The van der Waals surface area contributed by atoms with E-state index in [0.717, 1.165) is 18.4 Å². The van der Waals surface area contributed by atoms with Crippen LogP contribution in [-0.2, 0) is 6.42 Å². The van der Waals surface area contributed by atoms with Gasteiger partial charge in [0.1, 0.15) is 10.8 Å². The Morgan fingerprint density at radius 3 is 3.13 bits per heavy atom. The molecular weight excluding hydrogens is 319 g/mol. The summed E-state index contributed by atoms with van der Waals surface area (Å²) in [5.41, 5.74) is 0.804. The van der Waals surface area contributed by atoms with Gasteiger partial charge in [0.05, 0.1) is 6.10 Å². The molecule has 1 aliphatic heterocycles. The van der Waals surface area contributed by atoms with Crippen molar-refractivity contribution in [3.8, 4) is 0 Å². The molecule has 0 bridgehead atoms. The molecule has 6 nitrogen and oxygen atoms in total. The fourth-order valence-corrected chi connectivity index (χ4v) is 3.27. The van der Waals surface area contributed by atoms with Crippen LogP contribution in [0, 0.1) is 5.82 Å². The SMILES string of the molecule is O=C(Nc1nnc(Cc2cccc(F)c2)s1)N1CCCC(O)C1. The fraction of sp³-hybridized carbons (Fsp3) is 0.400. The summed E-state index contributed by atoms with van der Waals surface area (Å²) < 4.78 is 13.2. The average molecular weight is 336 g/mol. The number of β-amino-alcohol motifs (C(OH)–C–C–N with tert-alkyl or cyclic N) is 1. The highest BCUT2D eigenvalue weighted by molar-refractivity contribution is 7.15. The van der Waals surface area contributed by atoms with Gasteiger partial charge < -0.3 is 10.0 Å². The number of hydrogen-bond acceptors (Lipinski definition) is 5. The molecule has 3 rings (SSSR count). The highest BCUT2D eigenvalue weighted by atomic mass is 32.1. The van der Waals surface area contributed by atoms with Gasteiger partial charge in [0.15, 0.2) is 0 Å². The third-order valence-corrected chi connectivity index (χ3v) is 4.45. The van der Waals surface area contributed by atoms with Gasteiger partial charge in [0, 0.05) is 19.5 Å². The number of urea groups is 1. The number of nitrogens with zero attached hydrogens (tertiary/aromatic N) is 3. The summed E-state index contributed by atoms with van der Waals surface area (Å²) in [6.45, 7) is 0.957. The van der Waals surface area contributed by atoms with Gasteiger partial charge in [-0.15, -0.1) is 10.2 Å². The van der Waals surface area contributed by atoms with Crippen LogP contribution >= 0.6 is 11.3 Å². The first-order valence-corrected chi connectivity index (χ1v) is 8.22. The number of carbonyl (C=O) groups excluding carboxylic acids is 1. The van der Waals surface area contributed by atoms with Crippen molar-refractivity contribution in [2.45, 2.75) is 25.4 Å². The number of aromatic nitrogens is 2. The Labute approximate surface area is 137 Å². The van der Waals surface area contributed by atoms with E-state index in [-0.39, 0.29) is 11.8 Å². The van der Waals surface area contributed by atoms with Gasteiger partial charge in [-0.3, -0.25) is 5.32 Å². The van der Waals surface area contributed by atoms with Crippen LogP contribution in [0.1, 0.15) is 23.4 Å². The molecule has 2 amide bonds. The van der Waals surface area contributed by atoms with Gasteiger partial charge in [-0.2, -0.15) is 0 Å². The molecule has 1 aliphatic rings. The highest BCUT2D eigenvalue weighted by Crippen LogP contribution is 2.20. The Balaban J connectivity index is 1.59. The van der Waals surface area contributed by atoms with E-state index >= 15 is 0 Å². The van der Waals surface area contributed by atoms with Gasteiger partial charge in [0.25, 0.3) is 0 Å². The molecule has 0 aliphatic carbocycles. The third kappa shape index (κ3) is 4.23. The van der Waals surface area contributed by atoms with Crippen molar-refractivity contribution < 1.29 is 14.3 Å². The van der Waals surface area contributed by atoms with Gasteiger partial charge in [-0.1, -0.05) is 23.5 Å². The van der Waals surface area contributed by atoms with Crippen molar-refractivity contribution in [3.05, 3.63) is 40.7 Å². The molecule has 0 radical (unpaired) electrons. The molecule has 1 fully saturated rings. The Hall–Kier alpha value is -2.06. The smallest absolute Gasteiger partial charge is 0.323 e. The molecule has 2 heterocycles. The maximum Gasteiger partial charge on any atom is 0.323 e. The number of piperidine rings is 1. The molecular formula is C15H17FN4O2S. The van der Waals surface area contributed by atoms with Crippen LogP contribution in [0.15, 0.2) is 24.3 Å². The summed E-state index contributed by atoms with van der Waals surface area (Å²) in [7, 11) is 0. The predicted molar refractivity (Wildman–Crippen MR) is 84.9 cm³/mol. The van der Waals surface area contributed by atoms with Gasteiger partial charge >= 0.3 is 6.03 Å². The number of carbonyl (C=O) groups is 1. The van der Waals surface area contributed by atoms with Crippen molar-refractivity contribution >= 4 is 22.5 Å². The molecule has 0 spiro atoms. The second-order valence-electron chi connectivity index (χ2n) is 5.48. The molecule has 1 unspecified atom stereocenters. The lowest BCUT2D eigenvalue weighted by Gasteiger charge is -2.29. The van der Waals surface area contributed by atoms with Crippen LogP contribution in [0.25, 0.3) is 0 Å². The quantitative estimate of drug-likeness (QED) is 0.901. The summed E-state index contributed by atoms with van der Waals surface area (Å²) in [4.78, 5) is 13.7. The van der Waals surface area contributed by atoms with Crippen LogP contribution < -0.4 is 5.32 Å². The molecule has 122 valence electrons. The Morgan fingerprint density at radius 1 is 1.48 bits per heavy atom. The van der Waals surface area contributed by atoms with Gasteiger partial charge in [-0.05, 0) is 30.5 Å². The number of aliphatic hydroxyl groups is 1. The minimum atomic E-state index is -0.465. The van der Waals surface area contributed by atoms with Crippen LogP contribution in [0.3, 0.4) is 0 Å². The number of nitrogens with one attached hydrogen (secondary N) is 1. The Morgan fingerprint density at radius 2 is 2.35 bits per heavy atom. The van der Waals surface area contributed by atoms with Crippen molar-refractivity contribution in [1.82, 2.24) is 15.1 Å². The summed E-state index contributed by atoms with van der Waals surface area (Å²) in [5, 5.41) is 21.4. The number of benzene rings is 1. The van der Waals surface area contributed by atoms with Crippen LogP contribution in [0.4, 0.5) is 14.3 Å². The van der Waals surface area contributed by atoms with Crippen molar-refractivity contribution in [3.63, 3.8) is 0 Å². The zero-order chi connectivity index (χ0) is 16.2. The van der Waals surface area contributed by atoms with E-state index in [1.165, 1.54) is 23.5 Å². The molecule has 1 aromatic heterocycles. The van der Waals surface area contributed by atoms with E-state index < -0.39 is 6.10 Å². The molecule has 23 heavy (non-hydrogen) atoms. The number of likely N-dealkylation sites (tertiary alicyclic amines) is 1. The first kappa shape index (κ1) is 15.8. The zero-order valence-corrected chi connectivity index (χ0v) is 13.2. The molecule has 1 saturated heterocycles. The number of amides is 2. The third-order valence-electron chi connectivity index (χ3n) is 3.61. The molecule has 1 aromatic carbocycles. The first-order valence-electron chi connectivity index (χ1n) is 7.41. The summed E-state index contributed by atoms with van der Waals surface area (Å²) >= 11 is 1.26. The number of anilines is 1. The number of hydrogen-bond donors (Lipinski definition) is 2. The van der Waals surface area contributed by atoms with Crippen LogP contribution in [-0.4, -0.2) is 45.4 Å². The lowest BCUT2D eigenvalue weighted by molar-refractivity contribution is 0.0883. The zero-order valence-electron chi connectivity index (χ0n) is 12.4. The second kappa shape index (κ2) is 7.01. The van der Waals surface area contributed by atoms with E-state index in [9.17, 15) is 14.3 Å². The topological polar surface area (TPSA) is 78.4 Å². The fourth-order valence-electron chi connectivity index (χ4n) is 2.51. The predicted octanol–water partition coefficient (Wildman–Crippen LogP) is 2.26. The van der Waals surface area contributed by atoms with Crippen molar-refractivity contribution in [2.75, 3.05) is 18.4 Å². The number of halogens is 1. The molecule has 2 aromatic rings. The van der Waals surface area contributed by atoms with E-state index in [4.69, 9.17) is 0 Å². The normalized spacial score (nSPS) is 18.0. The number of aliphatic hydroxyl groups excluding tert-OH is 1. The Bertz CT molecular complexity index is 694. The minimum absolute atomic E-state index is 0.280. The lowest BCUT2D eigenvalue weighted by atomic mass is 10.1. The molecule has 2 N–H and O–H groups in total. The highest BCUT2D eigenvalue weighted by Gasteiger charge is 2.22. The van der Waals surface area contributed by atoms with Crippen molar-refractivity contribution in [1.29, 1.82) is 0 Å². The largest absolute Gasteiger partial charge is 0.391 e. The number of rotatable bonds is 3. The van der Waals surface area contributed by atoms with Crippen LogP contribution in [0.5, 0.6) is 0 Å². The monoisotopic (exact) mass is 336 g/mol. The van der Waals surface area contributed by atoms with Crippen molar-refractivity contribution in [2.24, 2.45) is 0 Å². The van der Waals surface area contributed by atoms with E-state index in [2.05, 4.69) is 15.5 Å². The molecule has 8 heteroatoms. The molecule has 1 atom stereocenters. The lowest BCUT2D eigenvalue weighted by Crippen LogP contribution is -2.44. The molecule has 0 saturated carbocycles. The summed E-state index contributed by atoms with van der Waals surface area (Å²) in [5.74, 6) is -0.288. The van der Waals surface area contributed by atoms with Crippen LogP contribution in [0.2, 0.25) is 0 Å². The summed E-state index contributed by atoms with van der Waals surface area (Å²) in [6, 6.07) is 6.03.